The molecule has 7 heteroatoms. The van der Waals surface area contributed by atoms with Crippen LogP contribution in [0.3, 0.4) is 0 Å². The maximum atomic E-state index is 12.3. The maximum Gasteiger partial charge on any atom is 0.341 e. The molecule has 5 rings (SSSR count). The van der Waals surface area contributed by atoms with Crippen LogP contribution >= 0.6 is 0 Å². The highest BCUT2D eigenvalue weighted by Gasteiger charge is 2.24. The number of hydrogen-bond acceptors (Lipinski definition) is 6. The number of nitrogens with zero attached hydrogens (tertiary/aromatic N) is 3. The van der Waals surface area contributed by atoms with E-state index in [9.17, 15) is 4.79 Å². The lowest BCUT2D eigenvalue weighted by molar-refractivity contribution is 0.0525. The lowest BCUT2D eigenvalue weighted by atomic mass is 9.82. The van der Waals surface area contributed by atoms with E-state index in [1.165, 1.54) is 35.1 Å². The minimum absolute atomic E-state index is 0.330. The number of piperidine rings is 1. The molecule has 1 N–H and O–H groups in total. The summed E-state index contributed by atoms with van der Waals surface area (Å²) in [6.07, 6.45) is 8.24. The molecule has 0 saturated carbocycles. The molecule has 1 atom stereocenters. The summed E-state index contributed by atoms with van der Waals surface area (Å²) in [5.74, 6) is 2.34. The standard InChI is InChI=1S/C33H42N4O3/c1-5-24-19-26(13-14-27(24)25-15-17-34-18-16-25)40-21-30-22(3)9-7-10-28(30)31-11-8-12-32(36-31)37-23(4)29(20-35-37)33(38)39-6-2/h8,11-14,19-20,22,25,34H,5-7,9-10,15-18,21H2,1-4H3. The average Bonchev–Trinajstić information content (AvgIpc) is 3.38. The predicted octanol–water partition coefficient (Wildman–Crippen LogP) is 6.43. The highest BCUT2D eigenvalue weighted by molar-refractivity contribution is 5.90. The molecule has 212 valence electrons. The Balaban J connectivity index is 1.39. The Kier molecular flexibility index (Phi) is 9.00. The van der Waals surface area contributed by atoms with Crippen molar-refractivity contribution in [3.63, 3.8) is 0 Å². The number of benzene rings is 1. The number of pyridine rings is 1. The molecule has 7 nitrogen and oxygen atoms in total. The molecule has 2 aliphatic rings. The predicted molar refractivity (Wildman–Crippen MR) is 158 cm³/mol. The summed E-state index contributed by atoms with van der Waals surface area (Å²) < 4.78 is 13.4. The van der Waals surface area contributed by atoms with Gasteiger partial charge in [-0.25, -0.2) is 14.5 Å². The van der Waals surface area contributed by atoms with E-state index in [1.807, 2.05) is 19.1 Å². The van der Waals surface area contributed by atoms with Crippen LogP contribution in [-0.2, 0) is 11.2 Å². The largest absolute Gasteiger partial charge is 0.489 e. The Labute approximate surface area is 238 Å². The third-order valence-electron chi connectivity index (χ3n) is 8.48. The van der Waals surface area contributed by atoms with Gasteiger partial charge in [0, 0.05) is 0 Å². The molecule has 1 aliphatic carbocycles. The van der Waals surface area contributed by atoms with Crippen molar-refractivity contribution in [3.8, 4) is 11.6 Å². The molecule has 0 radical (unpaired) electrons. The maximum absolute atomic E-state index is 12.3. The molecule has 0 amide bonds. The van der Waals surface area contributed by atoms with Crippen molar-refractivity contribution in [1.29, 1.82) is 0 Å². The summed E-state index contributed by atoms with van der Waals surface area (Å²) in [6.45, 7) is 11.3. The molecule has 1 saturated heterocycles. The first-order valence-electron chi connectivity index (χ1n) is 14.9. The van der Waals surface area contributed by atoms with Crippen LogP contribution in [0.1, 0.15) is 91.7 Å². The number of ether oxygens (including phenoxy) is 2. The SMILES string of the molecule is CCOC(=O)c1cnn(-c2cccc(C3=C(COc4ccc(C5CCNCC5)c(CC)c4)C(C)CCC3)n2)c1C. The molecule has 1 fully saturated rings. The quantitative estimate of drug-likeness (QED) is 0.314. The normalized spacial score (nSPS) is 18.1. The van der Waals surface area contributed by atoms with Gasteiger partial charge in [0.1, 0.15) is 17.9 Å². The number of carbonyl (C=O) groups is 1. The first-order chi connectivity index (χ1) is 19.5. The fraction of sp³-hybridized carbons (Fsp3) is 0.485. The number of carbonyl (C=O) groups excluding carboxylic acids is 1. The van der Waals surface area contributed by atoms with Crippen LogP contribution in [0.15, 0.2) is 48.2 Å². The smallest absolute Gasteiger partial charge is 0.341 e. The van der Waals surface area contributed by atoms with Crippen molar-refractivity contribution in [3.05, 3.63) is 76.2 Å². The average molecular weight is 543 g/mol. The fourth-order valence-electron chi connectivity index (χ4n) is 6.17. The van der Waals surface area contributed by atoms with Gasteiger partial charge in [-0.2, -0.15) is 5.10 Å². The lowest BCUT2D eigenvalue weighted by Crippen LogP contribution is -2.27. The Bertz CT molecular complexity index is 1370. The van der Waals surface area contributed by atoms with Crippen molar-refractivity contribution in [2.45, 2.75) is 72.1 Å². The molecule has 0 spiro atoms. The molecule has 3 heterocycles. The first-order valence-corrected chi connectivity index (χ1v) is 14.9. The first kappa shape index (κ1) is 28.1. The van der Waals surface area contributed by atoms with Crippen molar-refractivity contribution < 1.29 is 14.3 Å². The van der Waals surface area contributed by atoms with Gasteiger partial charge in [0.2, 0.25) is 0 Å². The third-order valence-corrected chi connectivity index (χ3v) is 8.48. The Hall–Kier alpha value is -3.45. The van der Waals surface area contributed by atoms with E-state index in [0.29, 0.717) is 36.4 Å². The van der Waals surface area contributed by atoms with Crippen LogP contribution in [-0.4, -0.2) is 47.0 Å². The minimum atomic E-state index is -0.360. The fourth-order valence-corrected chi connectivity index (χ4v) is 6.17. The van der Waals surface area contributed by atoms with Gasteiger partial charge in [-0.1, -0.05) is 26.0 Å². The van der Waals surface area contributed by atoms with Crippen molar-refractivity contribution >= 4 is 11.5 Å². The summed E-state index contributed by atoms with van der Waals surface area (Å²) in [4.78, 5) is 17.3. The monoisotopic (exact) mass is 542 g/mol. The van der Waals surface area contributed by atoms with E-state index < -0.39 is 0 Å². The highest BCUT2D eigenvalue weighted by atomic mass is 16.5. The van der Waals surface area contributed by atoms with E-state index in [0.717, 1.165) is 55.9 Å². The van der Waals surface area contributed by atoms with Crippen molar-refractivity contribution in [2.24, 2.45) is 5.92 Å². The molecular formula is C33H42N4O3. The van der Waals surface area contributed by atoms with E-state index in [4.69, 9.17) is 14.5 Å². The van der Waals surface area contributed by atoms with Gasteiger partial charge in [0.25, 0.3) is 0 Å². The Morgan fingerprint density at radius 3 is 2.73 bits per heavy atom. The van der Waals surface area contributed by atoms with Gasteiger partial charge in [0.05, 0.1) is 24.2 Å². The second kappa shape index (κ2) is 12.8. The van der Waals surface area contributed by atoms with Gasteiger partial charge >= 0.3 is 5.97 Å². The van der Waals surface area contributed by atoms with Crippen LogP contribution in [0.25, 0.3) is 11.4 Å². The number of aromatic nitrogens is 3. The van der Waals surface area contributed by atoms with Crippen LogP contribution < -0.4 is 10.1 Å². The van der Waals surface area contributed by atoms with Crippen LogP contribution in [0, 0.1) is 12.8 Å². The lowest BCUT2D eigenvalue weighted by Gasteiger charge is -2.27. The molecule has 0 bridgehead atoms. The van der Waals surface area contributed by atoms with Gasteiger partial charge in [-0.15, -0.1) is 0 Å². The van der Waals surface area contributed by atoms with Crippen molar-refractivity contribution in [2.75, 3.05) is 26.3 Å². The van der Waals surface area contributed by atoms with E-state index in [-0.39, 0.29) is 5.97 Å². The second-order valence-electron chi connectivity index (χ2n) is 11.0. The third kappa shape index (κ3) is 5.99. The molecule has 1 unspecified atom stereocenters. The second-order valence-corrected chi connectivity index (χ2v) is 11.0. The van der Waals surface area contributed by atoms with Gasteiger partial charge in [-0.3, -0.25) is 0 Å². The summed E-state index contributed by atoms with van der Waals surface area (Å²) in [5, 5.41) is 7.93. The minimum Gasteiger partial charge on any atom is -0.489 e. The highest BCUT2D eigenvalue weighted by Crippen LogP contribution is 2.37. The van der Waals surface area contributed by atoms with Gasteiger partial charge < -0.3 is 14.8 Å². The molecule has 1 aromatic carbocycles. The molecular weight excluding hydrogens is 500 g/mol. The molecule has 40 heavy (non-hydrogen) atoms. The van der Waals surface area contributed by atoms with E-state index >= 15 is 0 Å². The number of esters is 1. The zero-order valence-corrected chi connectivity index (χ0v) is 24.3. The van der Waals surface area contributed by atoms with Crippen LogP contribution in [0.4, 0.5) is 0 Å². The number of rotatable bonds is 9. The topological polar surface area (TPSA) is 78.3 Å². The summed E-state index contributed by atoms with van der Waals surface area (Å²) >= 11 is 0. The Morgan fingerprint density at radius 1 is 1.12 bits per heavy atom. The van der Waals surface area contributed by atoms with Gasteiger partial charge in [-0.05, 0) is 124 Å². The summed E-state index contributed by atoms with van der Waals surface area (Å²) in [7, 11) is 0. The number of hydrogen-bond donors (Lipinski definition) is 1. The zero-order valence-electron chi connectivity index (χ0n) is 24.3. The van der Waals surface area contributed by atoms with E-state index in [2.05, 4.69) is 48.5 Å². The number of allylic oxidation sites excluding steroid dienone is 1. The summed E-state index contributed by atoms with van der Waals surface area (Å²) in [5.41, 5.74) is 7.61. The molecule has 1 aliphatic heterocycles. The van der Waals surface area contributed by atoms with Crippen LogP contribution in [0.5, 0.6) is 5.75 Å². The van der Waals surface area contributed by atoms with Crippen molar-refractivity contribution in [1.82, 2.24) is 20.1 Å². The van der Waals surface area contributed by atoms with Crippen LogP contribution in [0.2, 0.25) is 0 Å². The number of aryl methyl sites for hydroxylation is 1. The van der Waals surface area contributed by atoms with Gasteiger partial charge in [0.15, 0.2) is 5.82 Å². The Morgan fingerprint density at radius 2 is 1.95 bits per heavy atom. The number of nitrogens with one attached hydrogen (secondary N) is 1. The molecule has 3 aromatic rings. The van der Waals surface area contributed by atoms with E-state index in [1.54, 1.807) is 17.8 Å². The summed E-state index contributed by atoms with van der Waals surface area (Å²) in [6, 6.07) is 12.7. The molecule has 2 aromatic heterocycles. The zero-order chi connectivity index (χ0) is 28.1.